The highest BCUT2D eigenvalue weighted by atomic mass is 19.4. The highest BCUT2D eigenvalue weighted by Gasteiger charge is 2.42. The molecule has 0 aromatic heterocycles. The van der Waals surface area contributed by atoms with E-state index in [1.165, 1.54) is 0 Å². The highest BCUT2D eigenvalue weighted by Crippen LogP contribution is 2.41. The van der Waals surface area contributed by atoms with Gasteiger partial charge in [-0.15, -0.1) is 0 Å². The standard InChI is InChI=1S/C29H24F10O2/c1-2-40-14-15-3-5-16(6-4-15)17-9-24(33)27(25(34)10-17)29(38,39)41-19-7-8-20(21(30)13-19)18-11-22(31)26(23(32)12-18)28(35,36)37/h7-13,15-16H,2-6,14H2,1H3. The smallest absolute Gasteiger partial charge is 0.429 e. The van der Waals surface area contributed by atoms with Crippen molar-refractivity contribution in [2.75, 3.05) is 13.2 Å². The summed E-state index contributed by atoms with van der Waals surface area (Å²) in [6.07, 6.45) is -7.24. The Labute approximate surface area is 228 Å². The van der Waals surface area contributed by atoms with Crippen molar-refractivity contribution in [3.63, 3.8) is 0 Å². The van der Waals surface area contributed by atoms with Crippen molar-refractivity contribution in [3.8, 4) is 16.9 Å². The molecule has 0 saturated heterocycles. The van der Waals surface area contributed by atoms with Gasteiger partial charge in [-0.25, -0.2) is 22.0 Å². The monoisotopic (exact) mass is 594 g/mol. The van der Waals surface area contributed by atoms with Gasteiger partial charge in [0.1, 0.15) is 46.0 Å². The molecule has 0 amide bonds. The summed E-state index contributed by atoms with van der Waals surface area (Å²) in [4.78, 5) is 0. The quantitative estimate of drug-likeness (QED) is 0.242. The van der Waals surface area contributed by atoms with Gasteiger partial charge < -0.3 is 9.47 Å². The molecule has 1 aliphatic carbocycles. The highest BCUT2D eigenvalue weighted by molar-refractivity contribution is 5.66. The van der Waals surface area contributed by atoms with E-state index in [-0.39, 0.29) is 23.6 Å². The zero-order valence-corrected chi connectivity index (χ0v) is 21.5. The Morgan fingerprint density at radius 1 is 0.707 bits per heavy atom. The number of halogens is 10. The molecule has 0 N–H and O–H groups in total. The van der Waals surface area contributed by atoms with Crippen molar-refractivity contribution in [1.82, 2.24) is 0 Å². The van der Waals surface area contributed by atoms with Crippen molar-refractivity contribution < 1.29 is 53.4 Å². The average molecular weight is 594 g/mol. The summed E-state index contributed by atoms with van der Waals surface area (Å²) in [6, 6.07) is 3.89. The van der Waals surface area contributed by atoms with Crippen molar-refractivity contribution in [1.29, 1.82) is 0 Å². The molecule has 2 nitrogen and oxygen atoms in total. The minimum absolute atomic E-state index is 0.223. The SMILES string of the molecule is CCOCC1CCC(c2cc(F)c(C(F)(F)Oc3ccc(-c4cc(F)c(C(F)(F)F)c(F)c4)c(F)c3)c(F)c2)CC1. The fourth-order valence-electron chi connectivity index (χ4n) is 5.05. The van der Waals surface area contributed by atoms with Gasteiger partial charge in [-0.05, 0) is 92.0 Å². The predicted molar refractivity (Wildman–Crippen MR) is 129 cm³/mol. The number of ether oxygens (including phenoxy) is 2. The van der Waals surface area contributed by atoms with E-state index in [9.17, 15) is 43.9 Å². The van der Waals surface area contributed by atoms with Crippen molar-refractivity contribution >= 4 is 0 Å². The molecule has 0 spiro atoms. The molecule has 12 heteroatoms. The number of hydrogen-bond donors (Lipinski definition) is 0. The van der Waals surface area contributed by atoms with Crippen molar-refractivity contribution in [3.05, 3.63) is 88.2 Å². The normalized spacial score (nSPS) is 18.0. The summed E-state index contributed by atoms with van der Waals surface area (Å²) in [6.45, 7) is 3.02. The van der Waals surface area contributed by atoms with Gasteiger partial charge in [-0.1, -0.05) is 0 Å². The summed E-state index contributed by atoms with van der Waals surface area (Å²) in [5.74, 6) is -9.36. The zero-order valence-electron chi connectivity index (χ0n) is 21.5. The van der Waals surface area contributed by atoms with Crippen LogP contribution in [0.2, 0.25) is 0 Å². The van der Waals surface area contributed by atoms with Crippen LogP contribution in [0.25, 0.3) is 11.1 Å². The number of hydrogen-bond acceptors (Lipinski definition) is 2. The van der Waals surface area contributed by atoms with Gasteiger partial charge in [0.25, 0.3) is 0 Å². The molecule has 3 aromatic carbocycles. The topological polar surface area (TPSA) is 18.5 Å². The maximum atomic E-state index is 14.9. The van der Waals surface area contributed by atoms with E-state index < -0.39 is 69.4 Å². The summed E-state index contributed by atoms with van der Waals surface area (Å²) >= 11 is 0. The van der Waals surface area contributed by atoms with Crippen LogP contribution in [0.4, 0.5) is 43.9 Å². The first-order valence-electron chi connectivity index (χ1n) is 12.7. The summed E-state index contributed by atoms with van der Waals surface area (Å²) in [5.41, 5.74) is -4.93. The minimum Gasteiger partial charge on any atom is -0.429 e. The third kappa shape index (κ3) is 6.79. The lowest BCUT2D eigenvalue weighted by Crippen LogP contribution is -2.26. The number of alkyl halides is 5. The average Bonchev–Trinajstić information content (AvgIpc) is 2.85. The van der Waals surface area contributed by atoms with Crippen LogP contribution < -0.4 is 4.74 Å². The predicted octanol–water partition coefficient (Wildman–Crippen LogP) is 9.51. The first-order valence-corrected chi connectivity index (χ1v) is 12.7. The molecule has 0 unspecified atom stereocenters. The first-order chi connectivity index (χ1) is 19.2. The van der Waals surface area contributed by atoms with Crippen LogP contribution in [0.5, 0.6) is 5.75 Å². The summed E-state index contributed by atoms with van der Waals surface area (Å²) < 4.78 is 150. The molecule has 0 heterocycles. The fourth-order valence-corrected chi connectivity index (χ4v) is 5.05. The molecule has 0 aliphatic heterocycles. The third-order valence-corrected chi connectivity index (χ3v) is 7.05. The van der Waals surface area contributed by atoms with E-state index in [1.54, 1.807) is 0 Å². The molecule has 0 atom stereocenters. The number of benzene rings is 3. The molecular weight excluding hydrogens is 570 g/mol. The Morgan fingerprint density at radius 2 is 1.27 bits per heavy atom. The van der Waals surface area contributed by atoms with Crippen LogP contribution in [0.3, 0.4) is 0 Å². The Morgan fingerprint density at radius 3 is 1.78 bits per heavy atom. The molecular formula is C29H24F10O2. The largest absolute Gasteiger partial charge is 0.432 e. The maximum Gasteiger partial charge on any atom is 0.432 e. The second-order valence-electron chi connectivity index (χ2n) is 9.81. The summed E-state index contributed by atoms with van der Waals surface area (Å²) in [7, 11) is 0. The minimum atomic E-state index is -5.35. The molecule has 1 saturated carbocycles. The fraction of sp³-hybridized carbons (Fsp3) is 0.379. The van der Waals surface area contributed by atoms with Gasteiger partial charge in [-0.2, -0.15) is 22.0 Å². The second-order valence-corrected chi connectivity index (χ2v) is 9.81. The lowest BCUT2D eigenvalue weighted by molar-refractivity contribution is -0.189. The van der Waals surface area contributed by atoms with Gasteiger partial charge >= 0.3 is 12.3 Å². The van der Waals surface area contributed by atoms with Crippen molar-refractivity contribution in [2.24, 2.45) is 5.92 Å². The lowest BCUT2D eigenvalue weighted by Gasteiger charge is -2.29. The van der Waals surface area contributed by atoms with E-state index in [4.69, 9.17) is 4.74 Å². The van der Waals surface area contributed by atoms with E-state index >= 15 is 0 Å². The van der Waals surface area contributed by atoms with Crippen LogP contribution in [-0.4, -0.2) is 13.2 Å². The molecule has 0 bridgehead atoms. The summed E-state index contributed by atoms with van der Waals surface area (Å²) in [5, 5.41) is 0. The van der Waals surface area contributed by atoms with Gasteiger partial charge in [0.2, 0.25) is 0 Å². The zero-order chi connectivity index (χ0) is 30.1. The Balaban J connectivity index is 1.53. The van der Waals surface area contributed by atoms with Crippen LogP contribution in [0, 0.1) is 35.0 Å². The molecule has 4 rings (SSSR count). The van der Waals surface area contributed by atoms with Crippen molar-refractivity contribution in [2.45, 2.75) is 50.8 Å². The second kappa shape index (κ2) is 11.9. The Kier molecular flexibility index (Phi) is 8.91. The molecule has 1 fully saturated rings. The van der Waals surface area contributed by atoms with E-state index in [0.717, 1.165) is 31.0 Å². The van der Waals surface area contributed by atoms with Crippen LogP contribution in [0.1, 0.15) is 55.2 Å². The maximum absolute atomic E-state index is 14.9. The van der Waals surface area contributed by atoms with Crippen LogP contribution in [0.15, 0.2) is 42.5 Å². The molecule has 222 valence electrons. The molecule has 41 heavy (non-hydrogen) atoms. The Hall–Kier alpha value is -3.28. The van der Waals surface area contributed by atoms with E-state index in [0.29, 0.717) is 44.1 Å². The van der Waals surface area contributed by atoms with Gasteiger partial charge in [-0.3, -0.25) is 0 Å². The van der Waals surface area contributed by atoms with E-state index in [2.05, 4.69) is 4.74 Å². The van der Waals surface area contributed by atoms with Gasteiger partial charge in [0.15, 0.2) is 0 Å². The van der Waals surface area contributed by atoms with Gasteiger partial charge in [0.05, 0.1) is 0 Å². The molecule has 0 radical (unpaired) electrons. The van der Waals surface area contributed by atoms with Gasteiger partial charge in [0, 0.05) is 24.8 Å². The first kappa shape index (κ1) is 30.7. The Bertz CT molecular complexity index is 1350. The molecule has 1 aliphatic rings. The molecule has 3 aromatic rings. The third-order valence-electron chi connectivity index (χ3n) is 7.05. The number of rotatable bonds is 8. The van der Waals surface area contributed by atoms with Crippen LogP contribution >= 0.6 is 0 Å². The van der Waals surface area contributed by atoms with Crippen LogP contribution in [-0.2, 0) is 17.0 Å². The van der Waals surface area contributed by atoms with E-state index in [1.807, 2.05) is 6.92 Å². The lowest BCUT2D eigenvalue weighted by atomic mass is 9.79.